The fourth-order valence-electron chi connectivity index (χ4n) is 5.82. The molecule has 0 radical (unpaired) electrons. The smallest absolute Gasteiger partial charge is 0.427 e. The maximum atomic E-state index is 13.6. The van der Waals surface area contributed by atoms with Crippen LogP contribution in [0.4, 0.5) is 26.7 Å². The third-order valence-electron chi connectivity index (χ3n) is 8.70. The zero-order valence-corrected chi connectivity index (χ0v) is 26.2. The highest BCUT2D eigenvalue weighted by atomic mass is 19.4. The SMILES string of the molecule is CCC1(c2ccc3c(c2)OCO3)NC(=O)N(CCCCOc2ccc(C(O)(C(F)F)C(F)(F)F)cc2CCc2ccc(OC)cc2)C1=O. The van der Waals surface area contributed by atoms with Gasteiger partial charge in [-0.2, -0.15) is 13.2 Å². The van der Waals surface area contributed by atoms with Crippen molar-refractivity contribution in [3.63, 3.8) is 0 Å². The highest BCUT2D eigenvalue weighted by Crippen LogP contribution is 2.45. The zero-order valence-electron chi connectivity index (χ0n) is 26.2. The van der Waals surface area contributed by atoms with Gasteiger partial charge in [0.1, 0.15) is 17.0 Å². The molecule has 1 saturated heterocycles. The second kappa shape index (κ2) is 13.9. The minimum Gasteiger partial charge on any atom is -0.497 e. The van der Waals surface area contributed by atoms with Crippen LogP contribution in [0.25, 0.3) is 0 Å². The van der Waals surface area contributed by atoms with Crippen LogP contribution in [0.3, 0.4) is 0 Å². The number of rotatable bonds is 14. The summed E-state index contributed by atoms with van der Waals surface area (Å²) in [5, 5.41) is 12.9. The van der Waals surface area contributed by atoms with E-state index in [1.165, 1.54) is 7.11 Å². The van der Waals surface area contributed by atoms with Gasteiger partial charge in [0.15, 0.2) is 11.5 Å². The molecule has 2 aliphatic heterocycles. The number of aryl methyl sites for hydroxylation is 2. The molecule has 9 nitrogen and oxygen atoms in total. The molecular weight excluding hydrogens is 643 g/mol. The van der Waals surface area contributed by atoms with E-state index in [4.69, 9.17) is 18.9 Å². The molecule has 14 heteroatoms. The highest BCUT2D eigenvalue weighted by Gasteiger charge is 2.61. The Morgan fingerprint density at radius 2 is 1.71 bits per heavy atom. The molecular formula is C34H35F5N2O7. The molecule has 2 heterocycles. The number of carbonyl (C=O) groups is 2. The molecule has 3 aromatic carbocycles. The largest absolute Gasteiger partial charge is 0.497 e. The number of carbonyl (C=O) groups excluding carboxylic acids is 2. The number of alkyl halides is 5. The first-order chi connectivity index (χ1) is 22.8. The average molecular weight is 679 g/mol. The van der Waals surface area contributed by atoms with Gasteiger partial charge in [-0.25, -0.2) is 13.6 Å². The number of unbranched alkanes of at least 4 members (excludes halogenated alkanes) is 1. The number of nitrogens with one attached hydrogen (secondary N) is 1. The van der Waals surface area contributed by atoms with Gasteiger partial charge in [0, 0.05) is 6.54 Å². The lowest BCUT2D eigenvalue weighted by atomic mass is 9.87. The number of halogens is 5. The third-order valence-corrected chi connectivity index (χ3v) is 8.70. The molecule has 1 fully saturated rings. The fraction of sp³-hybridized carbons (Fsp3) is 0.412. The molecule has 5 rings (SSSR count). The number of imide groups is 1. The number of nitrogens with zero attached hydrogens (tertiary/aromatic N) is 1. The Bertz CT molecular complexity index is 1640. The molecule has 2 unspecified atom stereocenters. The van der Waals surface area contributed by atoms with Crippen LogP contribution in [-0.4, -0.2) is 61.6 Å². The second-order valence-corrected chi connectivity index (χ2v) is 11.5. The van der Waals surface area contributed by atoms with E-state index in [1.54, 1.807) is 49.4 Å². The number of amides is 3. The maximum Gasteiger partial charge on any atom is 0.427 e. The Labute approximate surface area is 273 Å². The Kier molecular flexibility index (Phi) is 10.0. The van der Waals surface area contributed by atoms with Gasteiger partial charge >= 0.3 is 12.2 Å². The molecule has 0 bridgehead atoms. The molecule has 48 heavy (non-hydrogen) atoms. The molecule has 2 atom stereocenters. The predicted octanol–water partition coefficient (Wildman–Crippen LogP) is 6.24. The number of hydrogen-bond acceptors (Lipinski definition) is 7. The van der Waals surface area contributed by atoms with Crippen LogP contribution < -0.4 is 24.3 Å². The lowest BCUT2D eigenvalue weighted by molar-refractivity contribution is -0.305. The summed E-state index contributed by atoms with van der Waals surface area (Å²) >= 11 is 0. The number of methoxy groups -OCH3 is 1. The molecule has 0 saturated carbocycles. The molecule has 2 aliphatic rings. The van der Waals surface area contributed by atoms with Crippen LogP contribution in [-0.2, 0) is 28.8 Å². The topological polar surface area (TPSA) is 107 Å². The fourth-order valence-corrected chi connectivity index (χ4v) is 5.82. The first-order valence-corrected chi connectivity index (χ1v) is 15.3. The molecule has 3 amide bonds. The van der Waals surface area contributed by atoms with E-state index in [9.17, 15) is 36.6 Å². The summed E-state index contributed by atoms with van der Waals surface area (Å²) in [5.74, 6) is 1.38. The van der Waals surface area contributed by atoms with Crippen molar-refractivity contribution in [1.29, 1.82) is 0 Å². The molecule has 258 valence electrons. The van der Waals surface area contributed by atoms with E-state index in [1.807, 2.05) is 0 Å². The summed E-state index contributed by atoms with van der Waals surface area (Å²) in [4.78, 5) is 27.6. The van der Waals surface area contributed by atoms with Crippen LogP contribution in [0.15, 0.2) is 60.7 Å². The summed E-state index contributed by atoms with van der Waals surface area (Å²) < 4.78 is 90.0. The van der Waals surface area contributed by atoms with Gasteiger partial charge in [-0.1, -0.05) is 31.2 Å². The summed E-state index contributed by atoms with van der Waals surface area (Å²) in [6.45, 7) is 1.98. The maximum absolute atomic E-state index is 13.6. The summed E-state index contributed by atoms with van der Waals surface area (Å²) in [6.07, 6.45) is -8.32. The van der Waals surface area contributed by atoms with Crippen molar-refractivity contribution in [3.8, 4) is 23.0 Å². The van der Waals surface area contributed by atoms with Crippen molar-refractivity contribution in [1.82, 2.24) is 10.2 Å². The van der Waals surface area contributed by atoms with Gasteiger partial charge in [-0.3, -0.25) is 9.69 Å². The number of urea groups is 1. The normalized spacial score (nSPS) is 18.6. The van der Waals surface area contributed by atoms with E-state index in [0.717, 1.165) is 28.7 Å². The van der Waals surface area contributed by atoms with Gasteiger partial charge in [-0.15, -0.1) is 0 Å². The van der Waals surface area contributed by atoms with Crippen LogP contribution in [0.1, 0.15) is 48.4 Å². The predicted molar refractivity (Wildman–Crippen MR) is 162 cm³/mol. The molecule has 3 aromatic rings. The Hall–Kier alpha value is -4.59. The van der Waals surface area contributed by atoms with Crippen molar-refractivity contribution in [2.45, 2.75) is 62.8 Å². The van der Waals surface area contributed by atoms with E-state index < -0.39 is 41.2 Å². The quantitative estimate of drug-likeness (QED) is 0.118. The minimum absolute atomic E-state index is 0.0536. The monoisotopic (exact) mass is 678 g/mol. The van der Waals surface area contributed by atoms with Crippen LogP contribution in [0, 0.1) is 0 Å². The Morgan fingerprint density at radius 3 is 2.38 bits per heavy atom. The van der Waals surface area contributed by atoms with Crippen molar-refractivity contribution in [3.05, 3.63) is 82.9 Å². The number of fused-ring (bicyclic) bond motifs is 1. The Morgan fingerprint density at radius 1 is 0.979 bits per heavy atom. The number of aliphatic hydroxyl groups is 1. The molecule has 0 spiro atoms. The molecule has 2 N–H and O–H groups in total. The van der Waals surface area contributed by atoms with Crippen molar-refractivity contribution in [2.75, 3.05) is 27.1 Å². The van der Waals surface area contributed by atoms with Crippen molar-refractivity contribution < 1.29 is 55.6 Å². The van der Waals surface area contributed by atoms with Crippen LogP contribution in [0.5, 0.6) is 23.0 Å². The van der Waals surface area contributed by atoms with Gasteiger partial charge in [-0.05, 0) is 90.8 Å². The summed E-state index contributed by atoms with van der Waals surface area (Å²) in [6, 6.07) is 14.3. The molecule has 0 aliphatic carbocycles. The van der Waals surface area contributed by atoms with Gasteiger partial charge < -0.3 is 29.4 Å². The van der Waals surface area contributed by atoms with Gasteiger partial charge in [0.2, 0.25) is 12.4 Å². The highest BCUT2D eigenvalue weighted by molar-refractivity contribution is 6.07. The lowest BCUT2D eigenvalue weighted by Gasteiger charge is -2.30. The lowest BCUT2D eigenvalue weighted by Crippen LogP contribution is -2.48. The van der Waals surface area contributed by atoms with E-state index in [0.29, 0.717) is 48.5 Å². The Balaban J connectivity index is 1.25. The van der Waals surface area contributed by atoms with Crippen LogP contribution in [0.2, 0.25) is 0 Å². The first kappa shape index (κ1) is 34.7. The van der Waals surface area contributed by atoms with Crippen molar-refractivity contribution in [2.24, 2.45) is 0 Å². The van der Waals surface area contributed by atoms with Crippen LogP contribution >= 0.6 is 0 Å². The summed E-state index contributed by atoms with van der Waals surface area (Å²) in [5.41, 5.74) is -5.07. The van der Waals surface area contributed by atoms with E-state index in [-0.39, 0.29) is 37.7 Å². The summed E-state index contributed by atoms with van der Waals surface area (Å²) in [7, 11) is 1.51. The van der Waals surface area contributed by atoms with E-state index in [2.05, 4.69) is 5.32 Å². The van der Waals surface area contributed by atoms with E-state index >= 15 is 0 Å². The zero-order chi connectivity index (χ0) is 34.7. The standard InChI is InChI=1S/C34H35F5N2O7/c1-3-32(23-10-15-27-28(19-23)48-20-47-27)30(42)41(31(43)40-32)16-4-5-17-46-26-14-11-24(33(44,29(35)36)34(37,38)39)18-22(26)9-6-21-7-12-25(45-2)13-8-21/h7-8,10-15,18-19,29,44H,3-6,9,16-17,20H2,1-2H3,(H,40,43). The number of hydrogen-bond donors (Lipinski definition) is 2. The number of benzene rings is 3. The second-order valence-electron chi connectivity index (χ2n) is 11.5. The third kappa shape index (κ3) is 6.58. The minimum atomic E-state index is -5.63. The first-order valence-electron chi connectivity index (χ1n) is 15.3. The average Bonchev–Trinajstić information content (AvgIpc) is 3.64. The van der Waals surface area contributed by atoms with Crippen molar-refractivity contribution >= 4 is 11.9 Å². The number of ether oxygens (including phenoxy) is 4. The van der Waals surface area contributed by atoms with Gasteiger partial charge in [0.25, 0.3) is 12.3 Å². The molecule has 0 aromatic heterocycles. The van der Waals surface area contributed by atoms with Gasteiger partial charge in [0.05, 0.1) is 13.7 Å².